The molecule has 2 aromatic rings. The molecule has 1 fully saturated rings. The highest BCUT2D eigenvalue weighted by atomic mass is 35.5. The zero-order valence-electron chi connectivity index (χ0n) is 15.2. The maximum Gasteiger partial charge on any atom is 0.339 e. The summed E-state index contributed by atoms with van der Waals surface area (Å²) in [6.07, 6.45) is -0.388. The zero-order valence-corrected chi connectivity index (χ0v) is 16.0. The lowest BCUT2D eigenvalue weighted by Gasteiger charge is -2.37. The number of carbonyl (C=O) groups excluding carboxylic acids is 2. The van der Waals surface area contributed by atoms with E-state index in [4.69, 9.17) is 16.3 Å². The topological polar surface area (TPSA) is 49.9 Å². The molecule has 0 unspecified atom stereocenters. The number of nitrogens with zero attached hydrogens (tertiary/aromatic N) is 2. The van der Waals surface area contributed by atoms with Crippen LogP contribution in [0.3, 0.4) is 0 Å². The van der Waals surface area contributed by atoms with Crippen molar-refractivity contribution in [2.75, 3.05) is 26.2 Å². The van der Waals surface area contributed by atoms with Crippen LogP contribution in [0.1, 0.15) is 21.5 Å². The van der Waals surface area contributed by atoms with Crippen molar-refractivity contribution in [2.24, 2.45) is 0 Å². The molecule has 5 nitrogen and oxygen atoms in total. The lowest BCUT2D eigenvalue weighted by molar-refractivity contribution is -0.143. The highest BCUT2D eigenvalue weighted by Crippen LogP contribution is 2.24. The van der Waals surface area contributed by atoms with E-state index in [0.717, 1.165) is 5.56 Å². The van der Waals surface area contributed by atoms with E-state index >= 15 is 0 Å². The van der Waals surface area contributed by atoms with Crippen molar-refractivity contribution < 1.29 is 18.7 Å². The molecule has 7 heteroatoms. The average Bonchev–Trinajstić information content (AvgIpc) is 2.71. The van der Waals surface area contributed by atoms with Crippen molar-refractivity contribution in [2.45, 2.75) is 19.1 Å². The average molecular weight is 403 g/mol. The third kappa shape index (κ3) is 3.75. The van der Waals surface area contributed by atoms with Crippen LogP contribution in [0, 0.1) is 5.82 Å². The fourth-order valence-corrected chi connectivity index (χ4v) is 3.93. The van der Waals surface area contributed by atoms with Gasteiger partial charge in [-0.1, -0.05) is 35.9 Å². The van der Waals surface area contributed by atoms with Crippen LogP contribution in [0.25, 0.3) is 0 Å². The summed E-state index contributed by atoms with van der Waals surface area (Å²) in [5, 5.41) is 0.409. The zero-order chi connectivity index (χ0) is 19.7. The minimum Gasteiger partial charge on any atom is -0.448 e. The summed E-state index contributed by atoms with van der Waals surface area (Å²) in [5.41, 5.74) is 1.84. The van der Waals surface area contributed by atoms with E-state index in [2.05, 4.69) is 4.90 Å². The first-order chi connectivity index (χ1) is 13.5. The van der Waals surface area contributed by atoms with Crippen LogP contribution in [-0.4, -0.2) is 54.0 Å². The van der Waals surface area contributed by atoms with E-state index in [1.165, 1.54) is 6.07 Å². The van der Waals surface area contributed by atoms with Gasteiger partial charge in [-0.15, -0.1) is 0 Å². The minimum atomic E-state index is -0.782. The number of rotatable bonds is 3. The molecular weight excluding hydrogens is 383 g/mol. The molecule has 1 amide bonds. The van der Waals surface area contributed by atoms with Gasteiger partial charge in [-0.3, -0.25) is 9.69 Å². The standard InChI is InChI=1S/C21H20ClFN2O3/c22-17-6-3-7-18(23)16(17)13-24-8-10-25(11-9-24)20(26)19-12-14-4-1-2-5-15(14)21(27)28-19/h1-7,19H,8-13H2/t19-/m1/s1. The molecule has 2 heterocycles. The summed E-state index contributed by atoms with van der Waals surface area (Å²) in [5.74, 6) is -0.946. The molecular formula is C21H20ClFN2O3. The molecule has 0 bridgehead atoms. The number of carbonyl (C=O) groups is 2. The summed E-state index contributed by atoms with van der Waals surface area (Å²) in [6.45, 7) is 2.61. The third-order valence-electron chi connectivity index (χ3n) is 5.29. The molecule has 1 atom stereocenters. The van der Waals surface area contributed by atoms with Crippen molar-refractivity contribution in [1.82, 2.24) is 9.80 Å². The second-order valence-corrected chi connectivity index (χ2v) is 7.46. The Morgan fingerprint density at radius 3 is 2.61 bits per heavy atom. The summed E-state index contributed by atoms with van der Waals surface area (Å²) in [7, 11) is 0. The molecule has 146 valence electrons. The highest BCUT2D eigenvalue weighted by molar-refractivity contribution is 6.31. The Hall–Kier alpha value is -2.44. The molecule has 0 spiro atoms. The smallest absolute Gasteiger partial charge is 0.339 e. The molecule has 0 aliphatic carbocycles. The molecule has 1 saturated heterocycles. The Labute approximate surface area is 167 Å². The predicted octanol–water partition coefficient (Wildman–Crippen LogP) is 2.91. The number of hydrogen-bond donors (Lipinski definition) is 0. The van der Waals surface area contributed by atoms with Crippen LogP contribution in [0.4, 0.5) is 4.39 Å². The molecule has 2 aliphatic rings. The first-order valence-electron chi connectivity index (χ1n) is 9.26. The Kier molecular flexibility index (Phi) is 5.33. The quantitative estimate of drug-likeness (QED) is 0.741. The molecule has 0 aromatic heterocycles. The SMILES string of the molecule is O=C1O[C@@H](C(=O)N2CCN(Cc3c(F)cccc3Cl)CC2)Cc2ccccc21. The molecule has 0 radical (unpaired) electrons. The number of halogens is 2. The molecule has 4 rings (SSSR count). The Morgan fingerprint density at radius 2 is 1.86 bits per heavy atom. The van der Waals surface area contributed by atoms with Crippen LogP contribution in [0.2, 0.25) is 5.02 Å². The Morgan fingerprint density at radius 1 is 1.11 bits per heavy atom. The molecule has 28 heavy (non-hydrogen) atoms. The summed E-state index contributed by atoms with van der Waals surface area (Å²) < 4.78 is 19.4. The number of piperazine rings is 1. The van der Waals surface area contributed by atoms with Crippen LogP contribution in [0.5, 0.6) is 0 Å². The number of hydrogen-bond acceptors (Lipinski definition) is 4. The van der Waals surface area contributed by atoms with Gasteiger partial charge in [-0.25, -0.2) is 9.18 Å². The number of amides is 1. The van der Waals surface area contributed by atoms with Crippen molar-refractivity contribution in [3.63, 3.8) is 0 Å². The number of cyclic esters (lactones) is 1. The van der Waals surface area contributed by atoms with Crippen molar-refractivity contribution >= 4 is 23.5 Å². The van der Waals surface area contributed by atoms with E-state index in [1.54, 1.807) is 29.2 Å². The van der Waals surface area contributed by atoms with Gasteiger partial charge in [0.2, 0.25) is 0 Å². The number of esters is 1. The van der Waals surface area contributed by atoms with E-state index in [9.17, 15) is 14.0 Å². The highest BCUT2D eigenvalue weighted by Gasteiger charge is 2.35. The van der Waals surface area contributed by atoms with Gasteiger partial charge in [-0.2, -0.15) is 0 Å². The summed E-state index contributed by atoms with van der Waals surface area (Å²) in [4.78, 5) is 28.8. The van der Waals surface area contributed by atoms with Crippen LogP contribution in [-0.2, 0) is 22.5 Å². The molecule has 0 saturated carbocycles. The van der Waals surface area contributed by atoms with E-state index in [0.29, 0.717) is 55.3 Å². The van der Waals surface area contributed by atoms with Crippen molar-refractivity contribution in [1.29, 1.82) is 0 Å². The molecule has 2 aromatic carbocycles. The van der Waals surface area contributed by atoms with Gasteiger partial charge in [0.05, 0.1) is 5.56 Å². The minimum absolute atomic E-state index is 0.175. The summed E-state index contributed by atoms with van der Waals surface area (Å²) in [6, 6.07) is 11.9. The van der Waals surface area contributed by atoms with Crippen molar-refractivity contribution in [3.05, 3.63) is 70.0 Å². The second kappa shape index (κ2) is 7.89. The monoisotopic (exact) mass is 402 g/mol. The first kappa shape index (κ1) is 18.9. The van der Waals surface area contributed by atoms with E-state index in [1.807, 2.05) is 12.1 Å². The van der Waals surface area contributed by atoms with Gasteiger partial charge < -0.3 is 9.64 Å². The number of ether oxygens (including phenoxy) is 1. The fourth-order valence-electron chi connectivity index (χ4n) is 3.71. The summed E-state index contributed by atoms with van der Waals surface area (Å²) >= 11 is 6.10. The second-order valence-electron chi connectivity index (χ2n) is 7.06. The Balaban J connectivity index is 1.36. The van der Waals surface area contributed by atoms with Crippen LogP contribution in [0.15, 0.2) is 42.5 Å². The Bertz CT molecular complexity index is 892. The maximum atomic E-state index is 14.0. The first-order valence-corrected chi connectivity index (χ1v) is 9.63. The van der Waals surface area contributed by atoms with Gasteiger partial charge in [-0.05, 0) is 23.8 Å². The van der Waals surface area contributed by atoms with E-state index in [-0.39, 0.29) is 11.7 Å². The molecule has 2 aliphatic heterocycles. The third-order valence-corrected chi connectivity index (χ3v) is 5.65. The van der Waals surface area contributed by atoms with Crippen LogP contribution < -0.4 is 0 Å². The normalized spacial score (nSPS) is 19.9. The molecule has 0 N–H and O–H groups in total. The lowest BCUT2D eigenvalue weighted by Crippen LogP contribution is -2.52. The largest absolute Gasteiger partial charge is 0.448 e. The van der Waals surface area contributed by atoms with Crippen molar-refractivity contribution in [3.8, 4) is 0 Å². The number of benzene rings is 2. The lowest BCUT2D eigenvalue weighted by atomic mass is 9.98. The maximum absolute atomic E-state index is 14.0. The predicted molar refractivity (Wildman–Crippen MR) is 103 cm³/mol. The van der Waals surface area contributed by atoms with Gasteiger partial charge in [0, 0.05) is 49.7 Å². The fraction of sp³-hybridized carbons (Fsp3) is 0.333. The van der Waals surface area contributed by atoms with Gasteiger partial charge in [0.15, 0.2) is 6.10 Å². The van der Waals surface area contributed by atoms with Gasteiger partial charge >= 0.3 is 5.97 Å². The van der Waals surface area contributed by atoms with E-state index < -0.39 is 12.1 Å². The van der Waals surface area contributed by atoms with Gasteiger partial charge in [0.1, 0.15) is 5.82 Å². The van der Waals surface area contributed by atoms with Gasteiger partial charge in [0.25, 0.3) is 5.91 Å². The number of fused-ring (bicyclic) bond motifs is 1. The van der Waals surface area contributed by atoms with Crippen LogP contribution >= 0.6 is 11.6 Å².